The molecule has 1 aliphatic rings. The van der Waals surface area contributed by atoms with Crippen molar-refractivity contribution >= 4 is 6.09 Å². The average molecular weight is 318 g/mol. The summed E-state index contributed by atoms with van der Waals surface area (Å²) in [6, 6.07) is 9.76. The van der Waals surface area contributed by atoms with Crippen molar-refractivity contribution in [2.75, 3.05) is 26.2 Å². The van der Waals surface area contributed by atoms with Gasteiger partial charge < -0.3 is 14.5 Å². The summed E-state index contributed by atoms with van der Waals surface area (Å²) >= 11 is 0. The van der Waals surface area contributed by atoms with Gasteiger partial charge in [0.05, 0.1) is 31.7 Å². The molecule has 0 atom stereocenters. The summed E-state index contributed by atoms with van der Waals surface area (Å²) < 4.78 is 6.33. The molecule has 1 fully saturated rings. The van der Waals surface area contributed by atoms with E-state index in [0.29, 0.717) is 13.2 Å². The minimum Gasteiger partial charge on any atom is -0.445 e. The van der Waals surface area contributed by atoms with Crippen LogP contribution in [0.15, 0.2) is 30.3 Å². The number of hydrogen-bond donors (Lipinski definition) is 1. The third kappa shape index (κ3) is 4.96. The summed E-state index contributed by atoms with van der Waals surface area (Å²) in [5.41, 5.74) is 1.21. The fourth-order valence-corrected chi connectivity index (χ4v) is 3.31. The van der Waals surface area contributed by atoms with Gasteiger partial charge in [0.2, 0.25) is 0 Å². The van der Waals surface area contributed by atoms with Crippen molar-refractivity contribution in [3.8, 4) is 0 Å². The summed E-state index contributed by atoms with van der Waals surface area (Å²) in [5, 5.41) is 2.91. The molecule has 1 aromatic carbocycles. The van der Waals surface area contributed by atoms with Gasteiger partial charge in [0.15, 0.2) is 0 Å². The Bertz CT molecular complexity index is 488. The molecule has 4 nitrogen and oxygen atoms in total. The van der Waals surface area contributed by atoms with E-state index in [9.17, 15) is 4.79 Å². The highest BCUT2D eigenvalue weighted by Gasteiger charge is 2.40. The van der Waals surface area contributed by atoms with Gasteiger partial charge in [-0.3, -0.25) is 0 Å². The maximum atomic E-state index is 11.9. The zero-order chi connectivity index (χ0) is 16.8. The van der Waals surface area contributed by atoms with Crippen molar-refractivity contribution in [2.24, 2.45) is 0 Å². The molecule has 1 radical (unpaired) electrons. The molecule has 0 unspecified atom stereocenters. The van der Waals surface area contributed by atoms with Gasteiger partial charge in [-0.05, 0) is 45.6 Å². The summed E-state index contributed by atoms with van der Waals surface area (Å²) in [7, 11) is 0. The molecule has 4 heteroatoms. The molecule has 0 bridgehead atoms. The Morgan fingerprint density at radius 3 is 2.43 bits per heavy atom. The molecule has 0 aliphatic carbocycles. The minimum absolute atomic E-state index is 0.198. The summed E-state index contributed by atoms with van der Waals surface area (Å²) in [6.07, 6.45) is 4.37. The first-order valence-corrected chi connectivity index (χ1v) is 8.55. The Labute approximate surface area is 140 Å². The molecule has 0 aromatic heterocycles. The molecule has 1 saturated heterocycles. The third-order valence-electron chi connectivity index (χ3n) is 4.97. The molecule has 0 saturated carbocycles. The number of benzene rings is 1. The largest absolute Gasteiger partial charge is 0.445 e. The first-order valence-electron chi connectivity index (χ1n) is 8.55. The Balaban J connectivity index is 1.77. The maximum absolute atomic E-state index is 11.9. The minimum atomic E-state index is -0.329. The van der Waals surface area contributed by atoms with Gasteiger partial charge in [-0.25, -0.2) is 4.79 Å². The smallest absolute Gasteiger partial charge is 0.407 e. The van der Waals surface area contributed by atoms with Crippen LogP contribution in [-0.2, 0) is 11.3 Å². The molecular weight excluding hydrogens is 288 g/mol. The van der Waals surface area contributed by atoms with Crippen LogP contribution in [0.5, 0.6) is 0 Å². The van der Waals surface area contributed by atoms with Crippen molar-refractivity contribution in [3.63, 3.8) is 0 Å². The van der Waals surface area contributed by atoms with Crippen LogP contribution < -0.4 is 5.32 Å². The van der Waals surface area contributed by atoms with E-state index >= 15 is 0 Å². The summed E-state index contributed by atoms with van der Waals surface area (Å²) in [5.74, 6) is 0. The topological polar surface area (TPSA) is 38.3 Å². The zero-order valence-corrected chi connectivity index (χ0v) is 14.7. The van der Waals surface area contributed by atoms with E-state index in [2.05, 4.69) is 32.5 Å². The number of likely N-dealkylation sites (tertiary alicyclic amines) is 1. The third-order valence-corrected chi connectivity index (χ3v) is 4.97. The Morgan fingerprint density at radius 1 is 1.17 bits per heavy atom. The molecule has 23 heavy (non-hydrogen) atoms. The maximum Gasteiger partial charge on any atom is 0.407 e. The van der Waals surface area contributed by atoms with Crippen LogP contribution in [0, 0.1) is 6.42 Å². The standard InChI is InChI=1S/C19H29N2O2/c1-19(2,3)21(13-8-5-9-14-21)15-12-20-18(22)23-16-17-10-6-4-7-11-17/h4-7,10-11H,8-9,12-16H2,1-3H3/p+1. The number of hydrogen-bond acceptors (Lipinski definition) is 2. The highest BCUT2D eigenvalue weighted by molar-refractivity contribution is 5.67. The van der Waals surface area contributed by atoms with E-state index in [0.717, 1.165) is 42.5 Å². The number of carbonyl (C=O) groups excluding carboxylic acids is 1. The van der Waals surface area contributed by atoms with Crippen LogP contribution in [0.2, 0.25) is 0 Å². The monoisotopic (exact) mass is 318 g/mol. The number of nitrogens with zero attached hydrogens (tertiary/aromatic N) is 1. The lowest BCUT2D eigenvalue weighted by Crippen LogP contribution is -2.64. The van der Waals surface area contributed by atoms with Crippen LogP contribution in [0.3, 0.4) is 0 Å². The number of carbonyl (C=O) groups is 1. The van der Waals surface area contributed by atoms with Gasteiger partial charge in [-0.2, -0.15) is 0 Å². The van der Waals surface area contributed by atoms with Gasteiger partial charge in [-0.1, -0.05) is 30.3 Å². The Hall–Kier alpha value is -1.55. The Morgan fingerprint density at radius 2 is 1.83 bits per heavy atom. The molecule has 1 heterocycles. The van der Waals surface area contributed by atoms with E-state index in [4.69, 9.17) is 4.74 Å². The molecule has 0 spiro atoms. The van der Waals surface area contributed by atoms with Crippen molar-refractivity contribution in [1.82, 2.24) is 5.32 Å². The van der Waals surface area contributed by atoms with Crippen molar-refractivity contribution in [2.45, 2.75) is 45.8 Å². The number of nitrogens with one attached hydrogen (secondary N) is 1. The van der Waals surface area contributed by atoms with Gasteiger partial charge >= 0.3 is 6.09 Å². The predicted molar refractivity (Wildman–Crippen MR) is 92.8 cm³/mol. The van der Waals surface area contributed by atoms with E-state index < -0.39 is 0 Å². The molecule has 2 rings (SSSR count). The van der Waals surface area contributed by atoms with Crippen molar-refractivity contribution in [1.29, 1.82) is 0 Å². The van der Waals surface area contributed by atoms with Crippen LogP contribution in [0.1, 0.15) is 39.2 Å². The van der Waals surface area contributed by atoms with Crippen LogP contribution >= 0.6 is 0 Å². The van der Waals surface area contributed by atoms with Gasteiger partial charge in [0.1, 0.15) is 6.61 Å². The second-order valence-corrected chi connectivity index (χ2v) is 7.34. The second-order valence-electron chi connectivity index (χ2n) is 7.34. The van der Waals surface area contributed by atoms with E-state index in [1.807, 2.05) is 30.3 Å². The molecule has 1 aromatic rings. The van der Waals surface area contributed by atoms with Crippen LogP contribution in [-0.4, -0.2) is 42.3 Å². The lowest BCUT2D eigenvalue weighted by molar-refractivity contribution is -0.972. The van der Waals surface area contributed by atoms with Crippen molar-refractivity contribution in [3.05, 3.63) is 42.3 Å². The fraction of sp³-hybridized carbons (Fsp3) is 0.579. The number of quaternary nitrogens is 1. The number of ether oxygens (including phenoxy) is 1. The molecule has 127 valence electrons. The number of piperidine rings is 1. The van der Waals surface area contributed by atoms with Crippen LogP contribution in [0.25, 0.3) is 0 Å². The zero-order valence-electron chi connectivity index (χ0n) is 14.7. The van der Waals surface area contributed by atoms with E-state index in [1.54, 1.807) is 0 Å². The van der Waals surface area contributed by atoms with E-state index in [1.165, 1.54) is 0 Å². The highest BCUT2D eigenvalue weighted by atomic mass is 16.5. The van der Waals surface area contributed by atoms with Crippen molar-refractivity contribution < 1.29 is 14.0 Å². The molecule has 1 aliphatic heterocycles. The first kappa shape index (κ1) is 17.8. The molecular formula is C19H30N2O2+. The predicted octanol–water partition coefficient (Wildman–Crippen LogP) is 3.53. The van der Waals surface area contributed by atoms with Gasteiger partial charge in [0.25, 0.3) is 0 Å². The van der Waals surface area contributed by atoms with Crippen LogP contribution in [0.4, 0.5) is 4.79 Å². The second kappa shape index (κ2) is 7.82. The summed E-state index contributed by atoms with van der Waals surface area (Å²) in [6.45, 7) is 11.1. The van der Waals surface area contributed by atoms with E-state index in [-0.39, 0.29) is 11.6 Å². The SMILES string of the molecule is CC(C)(C)[N+]1(CCNC(=O)OCc2ccccc2)CC[CH]CC1. The summed E-state index contributed by atoms with van der Waals surface area (Å²) in [4.78, 5) is 11.9. The van der Waals surface area contributed by atoms with Gasteiger partial charge in [0, 0.05) is 0 Å². The fourth-order valence-electron chi connectivity index (χ4n) is 3.31. The number of alkyl carbamates (subject to hydrolysis) is 1. The molecule has 1 N–H and O–H groups in total. The lowest BCUT2D eigenvalue weighted by atomic mass is 9.95. The Kier molecular flexibility index (Phi) is 6.05. The lowest BCUT2D eigenvalue weighted by Gasteiger charge is -2.51. The highest BCUT2D eigenvalue weighted by Crippen LogP contribution is 2.29. The average Bonchev–Trinajstić information content (AvgIpc) is 2.54. The number of rotatable bonds is 5. The molecule has 1 amide bonds. The normalized spacial score (nSPS) is 17.5. The quantitative estimate of drug-likeness (QED) is 0.844. The number of amides is 1. The van der Waals surface area contributed by atoms with Gasteiger partial charge in [-0.15, -0.1) is 0 Å². The first-order chi connectivity index (χ1) is 10.9.